The molecule has 0 aliphatic rings. The van der Waals surface area contributed by atoms with Crippen molar-refractivity contribution in [1.82, 2.24) is 14.9 Å². The van der Waals surface area contributed by atoms with E-state index in [1.807, 2.05) is 0 Å². The average Bonchev–Trinajstić information content (AvgIpc) is 2.92. The monoisotopic (exact) mass is 619 g/mol. The Hall–Kier alpha value is -3.89. The number of halogens is 5. The van der Waals surface area contributed by atoms with Crippen molar-refractivity contribution in [3.8, 4) is 11.1 Å². The third kappa shape index (κ3) is 6.44. The number of carbonyl (C=O) groups excluding carboxylic acids is 1. The standard InChI is InChI=1S/C30H26Cl2F3N3O4/c1-3-18-13-17(15-30(33,34)35)24(28(40)38(18)4-2)20-11-10-16(19-7-6-12-36-26(19)20)14-23(29(41)42)37-27(39)25-21(31)8-5-9-22(25)32/h5-13,23H,3-4,14-15H2,1-2H3,(H,37,39)(H,41,42)/t23-/m0/s1. The van der Waals surface area contributed by atoms with E-state index in [4.69, 9.17) is 23.2 Å². The highest BCUT2D eigenvalue weighted by atomic mass is 35.5. The second kappa shape index (κ2) is 12.5. The third-order valence-electron chi connectivity index (χ3n) is 6.88. The molecule has 2 aromatic heterocycles. The van der Waals surface area contributed by atoms with E-state index in [-0.39, 0.29) is 50.8 Å². The van der Waals surface area contributed by atoms with Gasteiger partial charge in [0.15, 0.2) is 0 Å². The highest BCUT2D eigenvalue weighted by molar-refractivity contribution is 6.39. The summed E-state index contributed by atoms with van der Waals surface area (Å²) < 4.78 is 42.3. The molecule has 2 N–H and O–H groups in total. The van der Waals surface area contributed by atoms with E-state index in [1.165, 1.54) is 41.1 Å². The number of hydrogen-bond donors (Lipinski definition) is 2. The zero-order valence-electron chi connectivity index (χ0n) is 22.6. The Kier molecular flexibility index (Phi) is 9.27. The van der Waals surface area contributed by atoms with E-state index in [0.29, 0.717) is 23.1 Å². The number of rotatable bonds is 9. The lowest BCUT2D eigenvalue weighted by molar-refractivity contribution is -0.139. The van der Waals surface area contributed by atoms with Crippen molar-refractivity contribution in [2.75, 3.05) is 0 Å². The van der Waals surface area contributed by atoms with E-state index in [9.17, 15) is 32.7 Å². The van der Waals surface area contributed by atoms with Gasteiger partial charge < -0.3 is 15.0 Å². The number of nitrogens with zero attached hydrogens (tertiary/aromatic N) is 2. The summed E-state index contributed by atoms with van der Waals surface area (Å²) >= 11 is 12.2. The summed E-state index contributed by atoms with van der Waals surface area (Å²) in [5, 5.41) is 12.9. The summed E-state index contributed by atoms with van der Waals surface area (Å²) in [7, 11) is 0. The van der Waals surface area contributed by atoms with Crippen molar-refractivity contribution in [3.63, 3.8) is 0 Å². The zero-order chi connectivity index (χ0) is 30.8. The number of benzene rings is 2. The number of carboxylic acids is 1. The van der Waals surface area contributed by atoms with Crippen molar-refractivity contribution in [2.45, 2.75) is 51.9 Å². The van der Waals surface area contributed by atoms with E-state index in [1.54, 1.807) is 32.0 Å². The molecular weight excluding hydrogens is 594 g/mol. The van der Waals surface area contributed by atoms with E-state index >= 15 is 0 Å². The Labute approximate surface area is 248 Å². The van der Waals surface area contributed by atoms with Crippen LogP contribution in [0.4, 0.5) is 13.2 Å². The predicted molar refractivity (Wildman–Crippen MR) is 155 cm³/mol. The average molecular weight is 620 g/mol. The molecule has 0 aliphatic heterocycles. The van der Waals surface area contributed by atoms with Gasteiger partial charge in [0, 0.05) is 35.8 Å². The van der Waals surface area contributed by atoms with Crippen molar-refractivity contribution in [2.24, 2.45) is 0 Å². The minimum Gasteiger partial charge on any atom is -0.480 e. The van der Waals surface area contributed by atoms with Gasteiger partial charge in [-0.05, 0) is 48.7 Å². The van der Waals surface area contributed by atoms with Gasteiger partial charge in [0.05, 0.1) is 33.1 Å². The topological polar surface area (TPSA) is 101 Å². The number of hydrogen-bond acceptors (Lipinski definition) is 4. The van der Waals surface area contributed by atoms with Crippen LogP contribution in [0.1, 0.15) is 41.0 Å². The molecule has 0 aliphatic carbocycles. The Balaban J connectivity index is 1.83. The highest BCUT2D eigenvalue weighted by Gasteiger charge is 2.32. The van der Waals surface area contributed by atoms with Crippen molar-refractivity contribution < 1.29 is 27.9 Å². The van der Waals surface area contributed by atoms with E-state index in [2.05, 4.69) is 10.3 Å². The quantitative estimate of drug-likeness (QED) is 0.223. The van der Waals surface area contributed by atoms with E-state index < -0.39 is 36.1 Å². The van der Waals surface area contributed by atoms with Crippen LogP contribution in [0.25, 0.3) is 22.0 Å². The number of aryl methyl sites for hydroxylation is 1. The lowest BCUT2D eigenvalue weighted by atomic mass is 9.92. The number of carboxylic acid groups (broad SMARTS) is 1. The smallest absolute Gasteiger partial charge is 0.393 e. The Morgan fingerprint density at radius 3 is 2.33 bits per heavy atom. The van der Waals surface area contributed by atoms with Crippen LogP contribution in [0.2, 0.25) is 10.0 Å². The first-order valence-electron chi connectivity index (χ1n) is 13.0. The van der Waals surface area contributed by atoms with Crippen LogP contribution in [0.5, 0.6) is 0 Å². The van der Waals surface area contributed by atoms with Gasteiger partial charge >= 0.3 is 12.1 Å². The summed E-state index contributed by atoms with van der Waals surface area (Å²) in [5.74, 6) is -2.12. The molecule has 7 nitrogen and oxygen atoms in total. The van der Waals surface area contributed by atoms with Gasteiger partial charge in [-0.25, -0.2) is 4.79 Å². The molecule has 1 atom stereocenters. The summed E-state index contributed by atoms with van der Waals surface area (Å²) in [6.45, 7) is 3.77. The van der Waals surface area contributed by atoms with Crippen LogP contribution in [0.3, 0.4) is 0 Å². The SMILES string of the molecule is CCc1cc(CC(F)(F)F)c(-c2ccc(C[C@H](NC(=O)c3c(Cl)cccc3Cl)C(=O)O)c3cccnc23)c(=O)n1CC. The lowest BCUT2D eigenvalue weighted by Gasteiger charge is -2.20. The van der Waals surface area contributed by atoms with Crippen molar-refractivity contribution >= 4 is 46.0 Å². The Morgan fingerprint density at radius 1 is 1.05 bits per heavy atom. The predicted octanol–water partition coefficient (Wildman–Crippen LogP) is 6.48. The molecule has 0 spiro atoms. The van der Waals surface area contributed by atoms with Crippen LogP contribution in [0.15, 0.2) is 59.5 Å². The molecule has 12 heteroatoms. The van der Waals surface area contributed by atoms with Crippen LogP contribution < -0.4 is 10.9 Å². The second-order valence-electron chi connectivity index (χ2n) is 9.57. The normalized spacial score (nSPS) is 12.4. The number of aliphatic carboxylic acids is 1. The minimum absolute atomic E-state index is 0.0460. The van der Waals surface area contributed by atoms with Crippen molar-refractivity contribution in [3.05, 3.63) is 97.5 Å². The third-order valence-corrected chi connectivity index (χ3v) is 7.51. The number of carbonyl (C=O) groups is 2. The number of pyridine rings is 2. The molecule has 220 valence electrons. The minimum atomic E-state index is -4.56. The van der Waals surface area contributed by atoms with Crippen LogP contribution >= 0.6 is 23.2 Å². The van der Waals surface area contributed by atoms with Gasteiger partial charge in [0.1, 0.15) is 6.04 Å². The number of alkyl halides is 3. The Morgan fingerprint density at radius 2 is 1.74 bits per heavy atom. The lowest BCUT2D eigenvalue weighted by Crippen LogP contribution is -2.42. The molecule has 2 aromatic carbocycles. The number of aromatic nitrogens is 2. The summed E-state index contributed by atoms with van der Waals surface area (Å²) in [5.41, 5.74) is 0.432. The van der Waals surface area contributed by atoms with Gasteiger partial charge in [0.25, 0.3) is 11.5 Å². The van der Waals surface area contributed by atoms with Gasteiger partial charge in [-0.1, -0.05) is 54.4 Å². The fraction of sp³-hybridized carbons (Fsp3) is 0.267. The molecule has 0 saturated heterocycles. The van der Waals surface area contributed by atoms with Crippen LogP contribution in [0, 0.1) is 0 Å². The largest absolute Gasteiger partial charge is 0.480 e. The zero-order valence-corrected chi connectivity index (χ0v) is 24.1. The molecule has 4 aromatic rings. The van der Waals surface area contributed by atoms with Gasteiger partial charge in [-0.2, -0.15) is 13.2 Å². The number of nitrogens with one attached hydrogen (secondary N) is 1. The maximum atomic E-state index is 13.6. The molecule has 0 radical (unpaired) electrons. The molecule has 0 bridgehead atoms. The fourth-order valence-electron chi connectivity index (χ4n) is 5.01. The highest BCUT2D eigenvalue weighted by Crippen LogP contribution is 2.34. The molecule has 42 heavy (non-hydrogen) atoms. The number of fused-ring (bicyclic) bond motifs is 1. The van der Waals surface area contributed by atoms with Gasteiger partial charge in [-0.15, -0.1) is 0 Å². The summed E-state index contributed by atoms with van der Waals surface area (Å²) in [6.07, 6.45) is -4.26. The van der Waals surface area contributed by atoms with E-state index in [0.717, 1.165) is 0 Å². The first kappa shape index (κ1) is 31.1. The Bertz CT molecular complexity index is 1720. The second-order valence-corrected chi connectivity index (χ2v) is 10.4. The molecular formula is C30H26Cl2F3N3O4. The molecule has 1 amide bonds. The molecule has 0 fully saturated rings. The summed E-state index contributed by atoms with van der Waals surface area (Å²) in [4.78, 5) is 43.1. The first-order chi connectivity index (χ1) is 19.9. The van der Waals surface area contributed by atoms with Crippen molar-refractivity contribution in [1.29, 1.82) is 0 Å². The summed E-state index contributed by atoms with van der Waals surface area (Å²) in [6, 6.07) is 10.7. The van der Waals surface area contributed by atoms with Crippen LogP contribution in [-0.4, -0.2) is 38.8 Å². The van der Waals surface area contributed by atoms with Gasteiger partial charge in [-0.3, -0.25) is 14.6 Å². The molecule has 0 saturated carbocycles. The maximum Gasteiger partial charge on any atom is 0.393 e. The fourth-order valence-corrected chi connectivity index (χ4v) is 5.58. The maximum absolute atomic E-state index is 13.6. The molecule has 4 rings (SSSR count). The van der Waals surface area contributed by atoms with Crippen LogP contribution in [-0.2, 0) is 30.6 Å². The first-order valence-corrected chi connectivity index (χ1v) is 13.8. The number of amides is 1. The van der Waals surface area contributed by atoms with Gasteiger partial charge in [0.2, 0.25) is 0 Å². The molecule has 0 unspecified atom stereocenters. The molecule has 2 heterocycles.